The van der Waals surface area contributed by atoms with Crippen LogP contribution in [0, 0.1) is 17.3 Å². The molecule has 0 unspecified atom stereocenters. The summed E-state index contributed by atoms with van der Waals surface area (Å²) in [6.07, 6.45) is 1.62. The third kappa shape index (κ3) is 2.70. The molecule has 4 nitrogen and oxygen atoms in total. The lowest BCUT2D eigenvalue weighted by atomic mass is 10.1. The summed E-state index contributed by atoms with van der Waals surface area (Å²) in [6, 6.07) is 0. The Morgan fingerprint density at radius 3 is 2.33 bits per heavy atom. The number of carboxylic acid groups (broad SMARTS) is 1. The van der Waals surface area contributed by atoms with E-state index < -0.39 is 5.97 Å². The summed E-state index contributed by atoms with van der Waals surface area (Å²) < 4.78 is 0. The van der Waals surface area contributed by atoms with Crippen LogP contribution >= 0.6 is 0 Å². The summed E-state index contributed by atoms with van der Waals surface area (Å²) in [4.78, 5) is 16.0. The van der Waals surface area contributed by atoms with E-state index in [1.807, 2.05) is 34.6 Å². The normalized spacial score (nSPS) is 29.1. The highest BCUT2D eigenvalue weighted by atomic mass is 16.6. The second-order valence-corrected chi connectivity index (χ2v) is 5.62. The first-order valence-corrected chi connectivity index (χ1v) is 5.11. The Hall–Kier alpha value is -1.06. The van der Waals surface area contributed by atoms with Crippen LogP contribution < -0.4 is 0 Å². The maximum Gasteiger partial charge on any atom is 0.307 e. The van der Waals surface area contributed by atoms with Gasteiger partial charge in [-0.05, 0) is 26.2 Å². The van der Waals surface area contributed by atoms with Crippen molar-refractivity contribution >= 4 is 12.2 Å². The van der Waals surface area contributed by atoms with E-state index in [9.17, 15) is 4.79 Å². The van der Waals surface area contributed by atoms with Gasteiger partial charge in [-0.25, -0.2) is 0 Å². The Kier molecular flexibility index (Phi) is 2.81. The van der Waals surface area contributed by atoms with E-state index in [1.54, 1.807) is 6.21 Å². The fourth-order valence-corrected chi connectivity index (χ4v) is 1.68. The fourth-order valence-electron chi connectivity index (χ4n) is 1.68. The topological polar surface area (TPSA) is 58.9 Å². The van der Waals surface area contributed by atoms with Gasteiger partial charge in [0.15, 0.2) is 0 Å². The third-order valence-electron chi connectivity index (χ3n) is 2.72. The van der Waals surface area contributed by atoms with Crippen LogP contribution in [0.15, 0.2) is 5.16 Å². The number of carbonyl (C=O) groups is 1. The molecule has 1 rings (SSSR count). The van der Waals surface area contributed by atoms with Crippen molar-refractivity contribution in [2.24, 2.45) is 22.4 Å². The Balaban J connectivity index is 2.52. The Morgan fingerprint density at radius 2 is 2.00 bits per heavy atom. The van der Waals surface area contributed by atoms with Crippen molar-refractivity contribution in [2.75, 3.05) is 0 Å². The van der Waals surface area contributed by atoms with Crippen molar-refractivity contribution in [3.63, 3.8) is 0 Å². The molecule has 0 aromatic heterocycles. The molecule has 4 heteroatoms. The van der Waals surface area contributed by atoms with E-state index in [1.165, 1.54) is 0 Å². The maximum absolute atomic E-state index is 10.8. The van der Waals surface area contributed by atoms with E-state index in [0.29, 0.717) is 0 Å². The molecule has 1 aliphatic carbocycles. The van der Waals surface area contributed by atoms with Gasteiger partial charge in [0.2, 0.25) is 0 Å². The predicted octanol–water partition coefficient (Wildman–Crippen LogP) is 2.14. The Labute approximate surface area is 90.3 Å². The molecule has 0 aromatic rings. The quantitative estimate of drug-likeness (QED) is 0.577. The zero-order chi connectivity index (χ0) is 11.9. The number of hydrogen-bond acceptors (Lipinski definition) is 3. The monoisotopic (exact) mass is 213 g/mol. The summed E-state index contributed by atoms with van der Waals surface area (Å²) in [5, 5.41) is 12.8. The molecule has 2 atom stereocenters. The highest BCUT2D eigenvalue weighted by Gasteiger charge is 2.61. The van der Waals surface area contributed by atoms with Gasteiger partial charge in [0.1, 0.15) is 5.60 Å². The minimum atomic E-state index is -0.757. The number of rotatable bonds is 3. The SMILES string of the molecule is CC(C)(C)ON=C[C@@H]1[C@@H](C(=O)O)C1(C)C. The van der Waals surface area contributed by atoms with Gasteiger partial charge in [0.05, 0.1) is 5.92 Å². The van der Waals surface area contributed by atoms with E-state index in [0.717, 1.165) is 0 Å². The van der Waals surface area contributed by atoms with E-state index in [4.69, 9.17) is 9.94 Å². The first kappa shape index (κ1) is 12.0. The Bertz CT molecular complexity index is 289. The van der Waals surface area contributed by atoms with Gasteiger partial charge in [0.25, 0.3) is 0 Å². The standard InChI is InChI=1S/C11H19NO3/c1-10(2,3)15-12-6-7-8(9(13)14)11(7,4)5/h6-8H,1-5H3,(H,13,14)/t7-,8+/m1/s1. The number of aliphatic carboxylic acids is 1. The van der Waals surface area contributed by atoms with Crippen LogP contribution in [0.1, 0.15) is 34.6 Å². The van der Waals surface area contributed by atoms with Crippen molar-refractivity contribution in [3.8, 4) is 0 Å². The number of oxime groups is 1. The van der Waals surface area contributed by atoms with Gasteiger partial charge >= 0.3 is 5.97 Å². The minimum absolute atomic E-state index is 0.0163. The van der Waals surface area contributed by atoms with Crippen LogP contribution in [0.3, 0.4) is 0 Å². The molecule has 0 amide bonds. The van der Waals surface area contributed by atoms with Crippen molar-refractivity contribution < 1.29 is 14.7 Å². The van der Waals surface area contributed by atoms with Gasteiger partial charge < -0.3 is 9.94 Å². The maximum atomic E-state index is 10.8. The summed E-state index contributed by atoms with van der Waals surface area (Å²) in [5.74, 6) is -1.10. The molecular weight excluding hydrogens is 194 g/mol. The predicted molar refractivity (Wildman–Crippen MR) is 57.7 cm³/mol. The molecule has 15 heavy (non-hydrogen) atoms. The molecular formula is C11H19NO3. The van der Waals surface area contributed by atoms with Gasteiger partial charge in [-0.1, -0.05) is 19.0 Å². The van der Waals surface area contributed by atoms with Gasteiger partial charge in [-0.3, -0.25) is 4.79 Å². The molecule has 0 aromatic carbocycles. The lowest BCUT2D eigenvalue weighted by molar-refractivity contribution is -0.139. The number of nitrogens with zero attached hydrogens (tertiary/aromatic N) is 1. The molecule has 0 aliphatic heterocycles. The number of carboxylic acids is 1. The summed E-state index contributed by atoms with van der Waals surface area (Å²) in [5.41, 5.74) is -0.523. The van der Waals surface area contributed by atoms with Gasteiger partial charge in [-0.2, -0.15) is 0 Å². The van der Waals surface area contributed by atoms with Crippen molar-refractivity contribution in [1.82, 2.24) is 0 Å². The van der Waals surface area contributed by atoms with Crippen LogP contribution in [0.5, 0.6) is 0 Å². The molecule has 0 bridgehead atoms. The zero-order valence-corrected chi connectivity index (χ0v) is 9.94. The fraction of sp³-hybridized carbons (Fsp3) is 0.818. The van der Waals surface area contributed by atoms with E-state index >= 15 is 0 Å². The van der Waals surface area contributed by atoms with E-state index in [2.05, 4.69) is 5.16 Å². The molecule has 1 N–H and O–H groups in total. The first-order valence-electron chi connectivity index (χ1n) is 5.11. The summed E-state index contributed by atoms with van der Waals surface area (Å²) in [7, 11) is 0. The van der Waals surface area contributed by atoms with Crippen LogP contribution in [0.4, 0.5) is 0 Å². The smallest absolute Gasteiger partial charge is 0.307 e. The minimum Gasteiger partial charge on any atom is -0.481 e. The average Bonchev–Trinajstić information content (AvgIpc) is 2.50. The first-order chi connectivity index (χ1) is 6.66. The lowest BCUT2D eigenvalue weighted by Gasteiger charge is -2.14. The van der Waals surface area contributed by atoms with Gasteiger partial charge in [0, 0.05) is 12.1 Å². The van der Waals surface area contributed by atoms with Gasteiger partial charge in [-0.15, -0.1) is 0 Å². The molecule has 86 valence electrons. The largest absolute Gasteiger partial charge is 0.481 e. The summed E-state index contributed by atoms with van der Waals surface area (Å²) >= 11 is 0. The average molecular weight is 213 g/mol. The van der Waals surface area contributed by atoms with E-state index in [-0.39, 0.29) is 22.9 Å². The highest BCUT2D eigenvalue weighted by molar-refractivity contribution is 5.84. The highest BCUT2D eigenvalue weighted by Crippen LogP contribution is 2.57. The van der Waals surface area contributed by atoms with Crippen molar-refractivity contribution in [3.05, 3.63) is 0 Å². The second-order valence-electron chi connectivity index (χ2n) is 5.62. The molecule has 1 fully saturated rings. The second kappa shape index (κ2) is 3.51. The molecule has 0 heterocycles. The zero-order valence-electron chi connectivity index (χ0n) is 9.94. The molecule has 0 spiro atoms. The molecule has 1 aliphatic rings. The van der Waals surface area contributed by atoms with Crippen LogP contribution in [-0.2, 0) is 9.63 Å². The number of hydrogen-bond donors (Lipinski definition) is 1. The molecule has 1 saturated carbocycles. The Morgan fingerprint density at radius 1 is 1.47 bits per heavy atom. The summed E-state index contributed by atoms with van der Waals surface area (Å²) in [6.45, 7) is 9.56. The molecule has 0 radical (unpaired) electrons. The van der Waals surface area contributed by atoms with Crippen molar-refractivity contribution in [1.29, 1.82) is 0 Å². The molecule has 0 saturated heterocycles. The van der Waals surface area contributed by atoms with Crippen molar-refractivity contribution in [2.45, 2.75) is 40.2 Å². The third-order valence-corrected chi connectivity index (χ3v) is 2.72. The lowest BCUT2D eigenvalue weighted by Crippen LogP contribution is -2.15. The van der Waals surface area contributed by atoms with Crippen LogP contribution in [-0.4, -0.2) is 22.9 Å². The van der Waals surface area contributed by atoms with Crippen LogP contribution in [0.2, 0.25) is 0 Å². The van der Waals surface area contributed by atoms with Crippen LogP contribution in [0.25, 0.3) is 0 Å².